The molecule has 6 nitrogen and oxygen atoms in total. The van der Waals surface area contributed by atoms with Gasteiger partial charge in [0.15, 0.2) is 0 Å². The van der Waals surface area contributed by atoms with Crippen molar-refractivity contribution in [2.24, 2.45) is 5.92 Å². The number of nitrogens with zero attached hydrogens (tertiary/aromatic N) is 4. The highest BCUT2D eigenvalue weighted by atomic mass is 35.5. The lowest BCUT2D eigenvalue weighted by Crippen LogP contribution is -2.26. The molecule has 1 aliphatic rings. The van der Waals surface area contributed by atoms with E-state index in [9.17, 15) is 4.79 Å². The molecule has 1 aliphatic heterocycles. The minimum Gasteiger partial charge on any atom is -0.326 e. The molecule has 1 N–H and O–H groups in total. The Morgan fingerprint density at radius 1 is 1.21 bits per heavy atom. The quantitative estimate of drug-likeness (QED) is 0.693. The van der Waals surface area contributed by atoms with Crippen LogP contribution in [0, 0.1) is 5.92 Å². The minimum atomic E-state index is -0.174. The molecule has 1 fully saturated rings. The van der Waals surface area contributed by atoms with Crippen LogP contribution in [0.1, 0.15) is 27.2 Å². The number of rotatable bonds is 3. The summed E-state index contributed by atoms with van der Waals surface area (Å²) in [6, 6.07) is 7.70. The molecule has 3 heterocycles. The van der Waals surface area contributed by atoms with E-state index in [1.165, 1.54) is 6.33 Å². The standard InChI is InChI=1S/C22H26ClN5O/c1-22(2,3)28-12-17(14-5-7-16(23)8-6-14)18-19(24-13-25-20(18)28)26-21(29)15-9-10-27(4)11-15/h5-8,12-13,15H,9-11H2,1-4H3,(H,24,25,26,29). The van der Waals surface area contributed by atoms with Gasteiger partial charge in [-0.2, -0.15) is 0 Å². The Hall–Kier alpha value is -2.44. The topological polar surface area (TPSA) is 63.1 Å². The molecule has 0 saturated carbocycles. The molecule has 29 heavy (non-hydrogen) atoms. The van der Waals surface area contributed by atoms with Crippen molar-refractivity contribution in [2.45, 2.75) is 32.7 Å². The lowest BCUT2D eigenvalue weighted by molar-refractivity contribution is -0.119. The van der Waals surface area contributed by atoms with Gasteiger partial charge in [0.05, 0.1) is 11.3 Å². The molecular formula is C22H26ClN5O. The monoisotopic (exact) mass is 411 g/mol. The number of fused-ring (bicyclic) bond motifs is 1. The van der Waals surface area contributed by atoms with Crippen LogP contribution in [0.25, 0.3) is 22.2 Å². The van der Waals surface area contributed by atoms with E-state index in [2.05, 4.69) is 51.7 Å². The van der Waals surface area contributed by atoms with Crippen LogP contribution in [0.5, 0.6) is 0 Å². The van der Waals surface area contributed by atoms with Crippen molar-refractivity contribution >= 4 is 34.4 Å². The van der Waals surface area contributed by atoms with Gasteiger partial charge in [0.1, 0.15) is 17.8 Å². The van der Waals surface area contributed by atoms with Crippen LogP contribution in [0.4, 0.5) is 5.82 Å². The van der Waals surface area contributed by atoms with Crippen LogP contribution in [-0.4, -0.2) is 45.5 Å². The van der Waals surface area contributed by atoms with Crippen LogP contribution in [0.15, 0.2) is 36.8 Å². The molecule has 0 spiro atoms. The number of nitrogens with one attached hydrogen (secondary N) is 1. The molecular weight excluding hydrogens is 386 g/mol. The third-order valence-electron chi connectivity index (χ3n) is 5.46. The van der Waals surface area contributed by atoms with Crippen LogP contribution < -0.4 is 5.32 Å². The first-order valence-electron chi connectivity index (χ1n) is 9.86. The summed E-state index contributed by atoms with van der Waals surface area (Å²) in [5, 5.41) is 4.61. The van der Waals surface area contributed by atoms with E-state index in [1.807, 2.05) is 31.3 Å². The third-order valence-corrected chi connectivity index (χ3v) is 5.72. The first-order valence-corrected chi connectivity index (χ1v) is 10.2. The lowest BCUT2D eigenvalue weighted by atomic mass is 10.1. The normalized spacial score (nSPS) is 17.8. The largest absolute Gasteiger partial charge is 0.326 e. The van der Waals surface area contributed by atoms with E-state index in [1.54, 1.807) is 0 Å². The number of carbonyl (C=O) groups is 1. The molecule has 1 saturated heterocycles. The van der Waals surface area contributed by atoms with E-state index in [-0.39, 0.29) is 17.4 Å². The van der Waals surface area contributed by atoms with Gasteiger partial charge in [0, 0.05) is 28.9 Å². The van der Waals surface area contributed by atoms with Crippen molar-refractivity contribution < 1.29 is 4.79 Å². The van der Waals surface area contributed by atoms with Gasteiger partial charge in [-0.25, -0.2) is 9.97 Å². The molecule has 2 aromatic heterocycles. The zero-order valence-corrected chi connectivity index (χ0v) is 18.0. The smallest absolute Gasteiger partial charge is 0.229 e. The second-order valence-electron chi connectivity index (χ2n) is 8.75. The van der Waals surface area contributed by atoms with Crippen LogP contribution >= 0.6 is 11.6 Å². The molecule has 1 amide bonds. The van der Waals surface area contributed by atoms with Crippen molar-refractivity contribution in [2.75, 3.05) is 25.5 Å². The summed E-state index contributed by atoms with van der Waals surface area (Å²) >= 11 is 6.09. The number of carbonyl (C=O) groups excluding carboxylic acids is 1. The molecule has 0 bridgehead atoms. The van der Waals surface area contributed by atoms with Crippen molar-refractivity contribution in [1.82, 2.24) is 19.4 Å². The van der Waals surface area contributed by atoms with Gasteiger partial charge in [-0.15, -0.1) is 0 Å². The minimum absolute atomic E-state index is 0.0138. The fourth-order valence-electron chi connectivity index (χ4n) is 3.88. The van der Waals surface area contributed by atoms with E-state index < -0.39 is 0 Å². The molecule has 152 valence electrons. The van der Waals surface area contributed by atoms with E-state index >= 15 is 0 Å². The Morgan fingerprint density at radius 2 is 1.93 bits per heavy atom. The van der Waals surface area contributed by atoms with Crippen molar-refractivity contribution in [3.63, 3.8) is 0 Å². The molecule has 0 aliphatic carbocycles. The molecule has 1 aromatic carbocycles. The fourth-order valence-corrected chi connectivity index (χ4v) is 4.01. The van der Waals surface area contributed by atoms with Crippen molar-refractivity contribution in [1.29, 1.82) is 0 Å². The number of hydrogen-bond donors (Lipinski definition) is 1. The van der Waals surface area contributed by atoms with E-state index in [4.69, 9.17) is 11.6 Å². The summed E-state index contributed by atoms with van der Waals surface area (Å²) in [6.45, 7) is 8.10. The molecule has 7 heteroatoms. The van der Waals surface area contributed by atoms with Gasteiger partial charge in [-0.05, 0) is 58.5 Å². The SMILES string of the molecule is CN1CCC(C(=O)Nc2ncnc3c2c(-c2ccc(Cl)cc2)cn3C(C)(C)C)C1. The van der Waals surface area contributed by atoms with Crippen LogP contribution in [-0.2, 0) is 10.3 Å². The summed E-state index contributed by atoms with van der Waals surface area (Å²) < 4.78 is 2.13. The van der Waals surface area contributed by atoms with Crippen LogP contribution in [0.3, 0.4) is 0 Å². The van der Waals surface area contributed by atoms with Gasteiger partial charge in [0.2, 0.25) is 5.91 Å². The Labute approximate surface area is 175 Å². The average molecular weight is 412 g/mol. The fraction of sp³-hybridized carbons (Fsp3) is 0.409. The van der Waals surface area contributed by atoms with Gasteiger partial charge in [0.25, 0.3) is 0 Å². The van der Waals surface area contributed by atoms with E-state index in [0.717, 1.165) is 41.7 Å². The van der Waals surface area contributed by atoms with Gasteiger partial charge in [-0.3, -0.25) is 4.79 Å². The molecule has 1 atom stereocenters. The summed E-state index contributed by atoms with van der Waals surface area (Å²) in [5.41, 5.74) is 2.61. The van der Waals surface area contributed by atoms with Crippen molar-refractivity contribution in [3.8, 4) is 11.1 Å². The van der Waals surface area contributed by atoms with E-state index in [0.29, 0.717) is 10.8 Å². The average Bonchev–Trinajstić information content (AvgIpc) is 3.27. The highest BCUT2D eigenvalue weighted by Crippen LogP contribution is 2.37. The van der Waals surface area contributed by atoms with Crippen molar-refractivity contribution in [3.05, 3.63) is 41.8 Å². The maximum atomic E-state index is 12.9. The first kappa shape index (κ1) is 19.9. The zero-order valence-electron chi connectivity index (χ0n) is 17.2. The number of likely N-dealkylation sites (tertiary alicyclic amines) is 1. The Balaban J connectivity index is 1.83. The summed E-state index contributed by atoms with van der Waals surface area (Å²) in [7, 11) is 2.04. The number of benzene rings is 1. The highest BCUT2D eigenvalue weighted by Gasteiger charge is 2.28. The summed E-state index contributed by atoms with van der Waals surface area (Å²) in [6.07, 6.45) is 4.47. The van der Waals surface area contributed by atoms with Gasteiger partial charge in [-0.1, -0.05) is 23.7 Å². The number of amides is 1. The van der Waals surface area contributed by atoms with Gasteiger partial charge < -0.3 is 14.8 Å². The molecule has 0 radical (unpaired) electrons. The predicted molar refractivity (Wildman–Crippen MR) is 117 cm³/mol. The number of halogens is 1. The number of aromatic nitrogens is 3. The third kappa shape index (κ3) is 3.87. The van der Waals surface area contributed by atoms with Gasteiger partial charge >= 0.3 is 0 Å². The Morgan fingerprint density at radius 3 is 2.55 bits per heavy atom. The Bertz CT molecular complexity index is 1050. The molecule has 1 unspecified atom stereocenters. The maximum Gasteiger partial charge on any atom is 0.229 e. The summed E-state index contributed by atoms with van der Waals surface area (Å²) in [5.74, 6) is 0.552. The second-order valence-corrected chi connectivity index (χ2v) is 9.18. The zero-order chi connectivity index (χ0) is 20.8. The number of hydrogen-bond acceptors (Lipinski definition) is 4. The number of anilines is 1. The first-order chi connectivity index (χ1) is 13.7. The highest BCUT2D eigenvalue weighted by molar-refractivity contribution is 6.30. The maximum absolute atomic E-state index is 12.9. The second kappa shape index (κ2) is 7.43. The Kier molecular flexibility index (Phi) is 5.09. The van der Waals surface area contributed by atoms with Crippen LogP contribution in [0.2, 0.25) is 5.02 Å². The molecule has 3 aromatic rings. The predicted octanol–water partition coefficient (Wildman–Crippen LogP) is 4.40. The molecule has 4 rings (SSSR count). The lowest BCUT2D eigenvalue weighted by Gasteiger charge is -2.22. The summed E-state index contributed by atoms with van der Waals surface area (Å²) in [4.78, 5) is 24.0.